The Bertz CT molecular complexity index is 468. The number of Topliss-reactive ketones (excluding diaryl/α,β-unsaturated/α-hetero) is 1. The number of carbonyl (C=O) groups excluding carboxylic acids is 1. The molecule has 0 saturated carbocycles. The Morgan fingerprint density at radius 1 is 1.10 bits per heavy atom. The van der Waals surface area contributed by atoms with Crippen LogP contribution in [-0.4, -0.2) is 24.2 Å². The first-order valence-electron chi connectivity index (χ1n) is 8.21. The summed E-state index contributed by atoms with van der Waals surface area (Å²) < 4.78 is 1.52. The van der Waals surface area contributed by atoms with Gasteiger partial charge in [-0.3, -0.25) is 0 Å². The van der Waals surface area contributed by atoms with E-state index in [2.05, 4.69) is 34.7 Å². The maximum atomic E-state index is 13.0. The molecule has 1 rings (SSSR count). The summed E-state index contributed by atoms with van der Waals surface area (Å²) in [7, 11) is 0. The Kier molecular flexibility index (Phi) is 7.72. The van der Waals surface area contributed by atoms with Gasteiger partial charge >= 0.3 is 135 Å². The Morgan fingerprint density at radius 3 is 2.19 bits per heavy atom. The van der Waals surface area contributed by atoms with Gasteiger partial charge in [0, 0.05) is 0 Å². The molecule has 21 heavy (non-hydrogen) atoms. The van der Waals surface area contributed by atoms with E-state index >= 15 is 0 Å². The molecule has 0 aliphatic heterocycles. The van der Waals surface area contributed by atoms with E-state index in [-0.39, 0.29) is 5.92 Å². The van der Waals surface area contributed by atoms with Gasteiger partial charge in [-0.25, -0.2) is 0 Å². The quantitative estimate of drug-likeness (QED) is 0.398. The van der Waals surface area contributed by atoms with Crippen LogP contribution in [0.25, 0.3) is 0 Å². The zero-order valence-electron chi connectivity index (χ0n) is 14.3. The van der Waals surface area contributed by atoms with Crippen LogP contribution in [0.2, 0.25) is 14.8 Å². The summed E-state index contributed by atoms with van der Waals surface area (Å²) in [5, 5.41) is 0. The fraction of sp³-hybridized carbons (Fsp3) is 0.526. The number of hydrogen-bond donors (Lipinski definition) is 0. The molecule has 0 aromatic heterocycles. The molecule has 0 saturated heterocycles. The predicted octanol–water partition coefficient (Wildman–Crippen LogP) is 5.89. The first kappa shape index (κ1) is 18.5. The summed E-state index contributed by atoms with van der Waals surface area (Å²) in [5.41, 5.74) is 0.869. The molecule has 2 heteroatoms. The molecular formula is C19H30OSn. The van der Waals surface area contributed by atoms with Crippen molar-refractivity contribution in [3.05, 3.63) is 45.6 Å². The van der Waals surface area contributed by atoms with E-state index in [1.54, 1.807) is 0 Å². The Labute approximate surface area is 134 Å². The van der Waals surface area contributed by atoms with Crippen molar-refractivity contribution in [2.24, 2.45) is 5.92 Å². The molecule has 1 aromatic carbocycles. The number of rotatable bonds is 8. The van der Waals surface area contributed by atoms with Crippen molar-refractivity contribution in [2.75, 3.05) is 0 Å². The van der Waals surface area contributed by atoms with Crippen LogP contribution in [0.4, 0.5) is 0 Å². The molecule has 0 spiro atoms. The number of allylic oxidation sites excluding steroid dienone is 2. The summed E-state index contributed by atoms with van der Waals surface area (Å²) in [6.45, 7) is 4.39. The fourth-order valence-corrected chi connectivity index (χ4v) is 8.72. The zero-order valence-corrected chi connectivity index (χ0v) is 17.1. The van der Waals surface area contributed by atoms with E-state index < -0.39 is 18.4 Å². The Morgan fingerprint density at radius 2 is 1.71 bits per heavy atom. The van der Waals surface area contributed by atoms with Gasteiger partial charge in [-0.1, -0.05) is 0 Å². The number of ketones is 1. The zero-order chi connectivity index (χ0) is 15.9. The maximum absolute atomic E-state index is 13.0. The van der Waals surface area contributed by atoms with Crippen LogP contribution < -0.4 is 0 Å². The molecule has 0 bridgehead atoms. The molecule has 0 radical (unpaired) electrons. The van der Waals surface area contributed by atoms with Gasteiger partial charge in [0.2, 0.25) is 0 Å². The van der Waals surface area contributed by atoms with Crippen LogP contribution in [0, 0.1) is 5.92 Å². The van der Waals surface area contributed by atoms with Crippen molar-refractivity contribution in [3.8, 4) is 0 Å². The molecule has 1 nitrogen and oxygen atoms in total. The van der Waals surface area contributed by atoms with Gasteiger partial charge in [-0.15, -0.1) is 0 Å². The third kappa shape index (κ3) is 5.61. The second kappa shape index (κ2) is 8.77. The van der Waals surface area contributed by atoms with Crippen molar-refractivity contribution < 1.29 is 4.79 Å². The van der Waals surface area contributed by atoms with Crippen molar-refractivity contribution in [1.29, 1.82) is 0 Å². The molecule has 0 N–H and O–H groups in total. The molecule has 1 unspecified atom stereocenters. The Balaban J connectivity index is 3.16. The summed E-state index contributed by atoms with van der Waals surface area (Å²) in [6, 6.07) is 9.82. The van der Waals surface area contributed by atoms with Gasteiger partial charge in [0.1, 0.15) is 0 Å². The number of hydrogen-bond acceptors (Lipinski definition) is 1. The molecule has 0 aliphatic carbocycles. The normalized spacial score (nSPS) is 14.0. The average Bonchev–Trinajstić information content (AvgIpc) is 2.45. The second-order valence-corrected chi connectivity index (χ2v) is 21.3. The van der Waals surface area contributed by atoms with Gasteiger partial charge in [-0.2, -0.15) is 0 Å². The van der Waals surface area contributed by atoms with E-state index in [0.29, 0.717) is 5.78 Å². The minimum atomic E-state index is -2.26. The standard InChI is InChI=1S/C16H21O.3CH3.Sn/c1-3-5-7-11-14(10-4-2)16(17)15-12-8-6-9-13-15;;;;/h6-9,12-14H,3-5,10H2,1-2H3;3*1H3;. The molecule has 1 atom stereocenters. The summed E-state index contributed by atoms with van der Waals surface area (Å²) in [4.78, 5) is 20.3. The van der Waals surface area contributed by atoms with E-state index in [0.717, 1.165) is 31.2 Å². The van der Waals surface area contributed by atoms with Crippen LogP contribution in [0.1, 0.15) is 49.9 Å². The predicted molar refractivity (Wildman–Crippen MR) is 95.5 cm³/mol. The molecule has 0 heterocycles. The minimum absolute atomic E-state index is 0.111. The third-order valence-electron chi connectivity index (χ3n) is 3.85. The molecule has 0 fully saturated rings. The first-order valence-corrected chi connectivity index (χ1v) is 18.2. The van der Waals surface area contributed by atoms with E-state index in [4.69, 9.17) is 0 Å². The van der Waals surface area contributed by atoms with Crippen molar-refractivity contribution >= 4 is 24.2 Å². The molecule has 0 aliphatic rings. The van der Waals surface area contributed by atoms with Crippen LogP contribution in [0.15, 0.2) is 40.0 Å². The van der Waals surface area contributed by atoms with Crippen molar-refractivity contribution in [1.82, 2.24) is 0 Å². The Hall–Kier alpha value is -0.571. The fourth-order valence-electron chi connectivity index (χ4n) is 2.79. The van der Waals surface area contributed by atoms with Gasteiger partial charge in [-0.05, 0) is 0 Å². The van der Waals surface area contributed by atoms with Crippen molar-refractivity contribution in [3.63, 3.8) is 0 Å². The van der Waals surface area contributed by atoms with E-state index in [1.807, 2.05) is 30.3 Å². The van der Waals surface area contributed by atoms with Gasteiger partial charge < -0.3 is 0 Å². The molecule has 1 aromatic rings. The van der Waals surface area contributed by atoms with Crippen LogP contribution >= 0.6 is 0 Å². The van der Waals surface area contributed by atoms with Crippen LogP contribution in [0.3, 0.4) is 0 Å². The topological polar surface area (TPSA) is 17.1 Å². The summed E-state index contributed by atoms with van der Waals surface area (Å²) in [5.74, 6) is 0.436. The molecule has 0 amide bonds. The summed E-state index contributed by atoms with van der Waals surface area (Å²) in [6.07, 6.45) is 6.71. The average molecular weight is 393 g/mol. The SMILES string of the molecule is CCC/C=[C](\C(CCC)C(=O)c1ccccc1)[Sn]([CH3])([CH3])[CH3]. The van der Waals surface area contributed by atoms with Crippen LogP contribution in [-0.2, 0) is 0 Å². The van der Waals surface area contributed by atoms with E-state index in [1.165, 1.54) is 3.59 Å². The van der Waals surface area contributed by atoms with Gasteiger partial charge in [0.25, 0.3) is 0 Å². The second-order valence-electron chi connectivity index (χ2n) is 6.77. The van der Waals surface area contributed by atoms with E-state index in [9.17, 15) is 4.79 Å². The molecule has 116 valence electrons. The third-order valence-corrected chi connectivity index (χ3v) is 10.4. The number of carbonyl (C=O) groups is 1. The van der Waals surface area contributed by atoms with Gasteiger partial charge in [0.05, 0.1) is 0 Å². The first-order chi connectivity index (χ1) is 9.91. The monoisotopic (exact) mass is 394 g/mol. The number of unbranched alkanes of at least 4 members (excludes halogenated alkanes) is 1. The number of benzene rings is 1. The van der Waals surface area contributed by atoms with Crippen LogP contribution in [0.5, 0.6) is 0 Å². The van der Waals surface area contributed by atoms with Crippen molar-refractivity contribution in [2.45, 2.75) is 54.3 Å². The summed E-state index contributed by atoms with van der Waals surface area (Å²) >= 11 is -2.26. The van der Waals surface area contributed by atoms with Gasteiger partial charge in [0.15, 0.2) is 0 Å². The molecular weight excluding hydrogens is 363 g/mol.